The molecule has 1 aliphatic heterocycles. The molecule has 0 unspecified atom stereocenters. The molecule has 1 saturated carbocycles. The third kappa shape index (κ3) is 4.85. The summed E-state index contributed by atoms with van der Waals surface area (Å²) in [7, 11) is 1.60. The second-order valence-electron chi connectivity index (χ2n) is 7.39. The molecule has 5 nitrogen and oxygen atoms in total. The van der Waals surface area contributed by atoms with E-state index in [1.807, 2.05) is 24.3 Å². The molecule has 142 valence electrons. The predicted octanol–water partition coefficient (Wildman–Crippen LogP) is 4.13. The van der Waals surface area contributed by atoms with Crippen molar-refractivity contribution in [1.29, 1.82) is 0 Å². The van der Waals surface area contributed by atoms with Gasteiger partial charge in [0.1, 0.15) is 11.9 Å². The molecule has 1 aliphatic carbocycles. The average Bonchev–Trinajstić information content (AvgIpc) is 3.03. The van der Waals surface area contributed by atoms with Crippen LogP contribution in [0.25, 0.3) is 0 Å². The van der Waals surface area contributed by atoms with Crippen LogP contribution in [0.4, 0.5) is 10.5 Å². The van der Waals surface area contributed by atoms with E-state index in [9.17, 15) is 9.59 Å². The largest absolute Gasteiger partial charge is 0.441 e. The maximum Gasteiger partial charge on any atom is 0.414 e. The summed E-state index contributed by atoms with van der Waals surface area (Å²) in [6.07, 6.45) is 7.83. The number of nitrogens with zero attached hydrogens (tertiary/aromatic N) is 1. The van der Waals surface area contributed by atoms with Crippen LogP contribution in [0.1, 0.15) is 50.5 Å². The van der Waals surface area contributed by atoms with Crippen LogP contribution in [0.2, 0.25) is 0 Å². The van der Waals surface area contributed by atoms with Crippen LogP contribution in [0.3, 0.4) is 0 Å². The highest BCUT2D eigenvalue weighted by Gasteiger charge is 2.32. The summed E-state index contributed by atoms with van der Waals surface area (Å²) < 4.78 is 10.3. The van der Waals surface area contributed by atoms with Crippen LogP contribution in [0, 0.1) is 5.92 Å². The van der Waals surface area contributed by atoms with Gasteiger partial charge < -0.3 is 9.47 Å². The zero-order valence-electron chi connectivity index (χ0n) is 15.6. The van der Waals surface area contributed by atoms with Gasteiger partial charge in [0, 0.05) is 25.1 Å². The molecule has 0 bridgehead atoms. The molecule has 0 N–H and O–H groups in total. The lowest BCUT2D eigenvalue weighted by atomic mass is 9.84. The van der Waals surface area contributed by atoms with E-state index in [1.54, 1.807) is 12.0 Å². The fourth-order valence-corrected chi connectivity index (χ4v) is 3.94. The van der Waals surface area contributed by atoms with Crippen LogP contribution in [0.15, 0.2) is 24.3 Å². The Balaban J connectivity index is 1.46. The van der Waals surface area contributed by atoms with Gasteiger partial charge in [-0.15, -0.1) is 0 Å². The first-order chi connectivity index (χ1) is 12.7. The van der Waals surface area contributed by atoms with E-state index in [0.717, 1.165) is 31.4 Å². The third-order valence-electron chi connectivity index (χ3n) is 5.42. The fourth-order valence-electron chi connectivity index (χ4n) is 3.94. The topological polar surface area (TPSA) is 55.8 Å². The highest BCUT2D eigenvalue weighted by atomic mass is 16.6. The van der Waals surface area contributed by atoms with Crippen molar-refractivity contribution in [3.05, 3.63) is 29.8 Å². The Morgan fingerprint density at radius 1 is 1.19 bits per heavy atom. The maximum absolute atomic E-state index is 12.3. The van der Waals surface area contributed by atoms with Crippen LogP contribution < -0.4 is 4.90 Å². The monoisotopic (exact) mass is 359 g/mol. The first-order valence-corrected chi connectivity index (χ1v) is 9.76. The molecule has 0 radical (unpaired) electrons. The summed E-state index contributed by atoms with van der Waals surface area (Å²) in [6.45, 7) is 0.928. The smallest absolute Gasteiger partial charge is 0.414 e. The van der Waals surface area contributed by atoms with Crippen molar-refractivity contribution < 1.29 is 19.1 Å². The SMILES string of the molecule is COC[C@H]1CN(c2ccc(CCCC(=O)C3CCCCC3)cc2)C(=O)O1. The summed E-state index contributed by atoms with van der Waals surface area (Å²) in [4.78, 5) is 25.9. The zero-order valence-corrected chi connectivity index (χ0v) is 15.6. The number of Topliss-reactive ketones (excluding diaryl/α,β-unsaturated/α-hetero) is 1. The van der Waals surface area contributed by atoms with E-state index in [-0.39, 0.29) is 12.2 Å². The Hall–Kier alpha value is -1.88. The lowest BCUT2D eigenvalue weighted by Gasteiger charge is -2.20. The van der Waals surface area contributed by atoms with Crippen molar-refractivity contribution in [2.45, 2.75) is 57.5 Å². The van der Waals surface area contributed by atoms with Gasteiger partial charge in [0.15, 0.2) is 0 Å². The minimum absolute atomic E-state index is 0.210. The van der Waals surface area contributed by atoms with E-state index in [0.29, 0.717) is 31.3 Å². The van der Waals surface area contributed by atoms with Crippen LogP contribution in [-0.2, 0) is 20.7 Å². The van der Waals surface area contributed by atoms with Crippen LogP contribution >= 0.6 is 0 Å². The summed E-state index contributed by atoms with van der Waals surface area (Å²) in [6, 6.07) is 7.98. The number of hydrogen-bond donors (Lipinski definition) is 0. The van der Waals surface area contributed by atoms with Gasteiger partial charge in [-0.2, -0.15) is 0 Å². The number of amides is 1. The van der Waals surface area contributed by atoms with Crippen LogP contribution in [-0.4, -0.2) is 38.2 Å². The second kappa shape index (κ2) is 9.17. The van der Waals surface area contributed by atoms with Gasteiger partial charge in [-0.25, -0.2) is 4.79 Å². The van der Waals surface area contributed by atoms with Crippen molar-refractivity contribution in [1.82, 2.24) is 0 Å². The first kappa shape index (κ1) is 18.9. The molecule has 1 heterocycles. The van der Waals surface area contributed by atoms with Crippen molar-refractivity contribution in [3.8, 4) is 0 Å². The number of rotatable bonds is 8. The number of methoxy groups -OCH3 is 1. The molecule has 0 aromatic heterocycles. The molecule has 1 aromatic carbocycles. The molecule has 5 heteroatoms. The average molecular weight is 359 g/mol. The Morgan fingerprint density at radius 3 is 2.62 bits per heavy atom. The van der Waals surface area contributed by atoms with Crippen LogP contribution in [0.5, 0.6) is 0 Å². The minimum atomic E-state index is -0.321. The molecule has 1 aromatic rings. The normalized spacial score (nSPS) is 21.0. The first-order valence-electron chi connectivity index (χ1n) is 9.76. The number of benzene rings is 1. The predicted molar refractivity (Wildman–Crippen MR) is 100 cm³/mol. The molecule has 2 fully saturated rings. The van der Waals surface area contributed by atoms with Gasteiger partial charge in [-0.05, 0) is 43.4 Å². The van der Waals surface area contributed by atoms with Crippen molar-refractivity contribution >= 4 is 17.6 Å². The number of carbonyl (C=O) groups is 2. The number of ketones is 1. The van der Waals surface area contributed by atoms with E-state index < -0.39 is 0 Å². The quantitative estimate of drug-likeness (QED) is 0.700. The summed E-state index contributed by atoms with van der Waals surface area (Å²) in [5.74, 6) is 0.762. The zero-order chi connectivity index (χ0) is 18.4. The number of aryl methyl sites for hydroxylation is 1. The fraction of sp³-hybridized carbons (Fsp3) is 0.619. The number of ether oxygens (including phenoxy) is 2. The molecule has 26 heavy (non-hydrogen) atoms. The van der Waals surface area contributed by atoms with Gasteiger partial charge in [-0.1, -0.05) is 31.4 Å². The Morgan fingerprint density at radius 2 is 1.92 bits per heavy atom. The van der Waals surface area contributed by atoms with Gasteiger partial charge >= 0.3 is 6.09 Å². The van der Waals surface area contributed by atoms with Gasteiger partial charge in [0.2, 0.25) is 0 Å². The summed E-state index contributed by atoms with van der Waals surface area (Å²) in [5, 5.41) is 0. The molecule has 3 rings (SSSR count). The molecule has 1 amide bonds. The highest BCUT2D eigenvalue weighted by Crippen LogP contribution is 2.26. The van der Waals surface area contributed by atoms with Crippen molar-refractivity contribution in [3.63, 3.8) is 0 Å². The lowest BCUT2D eigenvalue weighted by Crippen LogP contribution is -2.25. The number of hydrogen-bond acceptors (Lipinski definition) is 4. The molecular formula is C21H29NO4. The molecule has 0 spiro atoms. The van der Waals surface area contributed by atoms with E-state index in [2.05, 4.69) is 0 Å². The molecule has 1 saturated heterocycles. The Bertz CT molecular complexity index is 607. The molecule has 2 aliphatic rings. The van der Waals surface area contributed by atoms with Crippen molar-refractivity contribution in [2.24, 2.45) is 5.92 Å². The molecule has 1 atom stereocenters. The van der Waals surface area contributed by atoms with E-state index in [4.69, 9.17) is 9.47 Å². The Labute approximate surface area is 155 Å². The standard InChI is InChI=1S/C21H29NO4/c1-25-15-19-14-22(21(24)26-19)18-12-10-16(11-13-18)6-5-9-20(23)17-7-3-2-4-8-17/h10-13,17,19H,2-9,14-15H2,1H3/t19-/m1/s1. The van der Waals surface area contributed by atoms with E-state index >= 15 is 0 Å². The molecular weight excluding hydrogens is 330 g/mol. The lowest BCUT2D eigenvalue weighted by molar-refractivity contribution is -0.123. The maximum atomic E-state index is 12.3. The third-order valence-corrected chi connectivity index (χ3v) is 5.42. The van der Waals surface area contributed by atoms with Gasteiger partial charge in [-0.3, -0.25) is 9.69 Å². The minimum Gasteiger partial charge on any atom is -0.441 e. The van der Waals surface area contributed by atoms with Gasteiger partial charge in [0.25, 0.3) is 0 Å². The Kier molecular flexibility index (Phi) is 6.67. The second-order valence-corrected chi connectivity index (χ2v) is 7.39. The van der Waals surface area contributed by atoms with E-state index in [1.165, 1.54) is 24.8 Å². The highest BCUT2D eigenvalue weighted by molar-refractivity contribution is 5.89. The van der Waals surface area contributed by atoms with Gasteiger partial charge in [0.05, 0.1) is 13.2 Å². The number of anilines is 1. The number of carbonyl (C=O) groups excluding carboxylic acids is 2. The number of cyclic esters (lactones) is 1. The summed E-state index contributed by atoms with van der Waals surface area (Å²) in [5.41, 5.74) is 2.04. The summed E-state index contributed by atoms with van der Waals surface area (Å²) >= 11 is 0. The van der Waals surface area contributed by atoms with Crippen molar-refractivity contribution in [2.75, 3.05) is 25.2 Å².